The number of carbonyl (C=O) groups is 1. The van der Waals surface area contributed by atoms with Crippen LogP contribution in [-0.2, 0) is 17.8 Å². The molecule has 0 aliphatic carbocycles. The van der Waals surface area contributed by atoms with Crippen molar-refractivity contribution in [3.05, 3.63) is 58.3 Å². The van der Waals surface area contributed by atoms with Gasteiger partial charge < -0.3 is 9.42 Å². The molecule has 5 nitrogen and oxygen atoms in total. The Morgan fingerprint density at radius 3 is 2.84 bits per heavy atom. The number of hydrogen-bond donors (Lipinski definition) is 0. The van der Waals surface area contributed by atoms with Gasteiger partial charge in [-0.2, -0.15) is 4.98 Å². The van der Waals surface area contributed by atoms with Crippen molar-refractivity contribution in [2.45, 2.75) is 26.3 Å². The Bertz CT molecular complexity index is 832. The first-order valence-electron chi connectivity index (χ1n) is 8.05. The SMILES string of the molecule is CCN(Cc1nc(-c2cccs2)no1)C(=O)CCc1ccccc1Cl. The number of nitrogens with zero attached hydrogens (tertiary/aromatic N) is 3. The van der Waals surface area contributed by atoms with Crippen molar-refractivity contribution < 1.29 is 9.32 Å². The molecule has 1 aromatic carbocycles. The monoisotopic (exact) mass is 375 g/mol. The van der Waals surface area contributed by atoms with Crippen molar-refractivity contribution in [2.24, 2.45) is 0 Å². The molecule has 7 heteroatoms. The lowest BCUT2D eigenvalue weighted by Crippen LogP contribution is -2.30. The van der Waals surface area contributed by atoms with Crippen LogP contribution in [-0.4, -0.2) is 27.5 Å². The Kier molecular flexibility index (Phi) is 5.83. The lowest BCUT2D eigenvalue weighted by Gasteiger charge is -2.18. The first-order valence-corrected chi connectivity index (χ1v) is 9.30. The summed E-state index contributed by atoms with van der Waals surface area (Å²) in [5, 5.41) is 6.63. The van der Waals surface area contributed by atoms with Gasteiger partial charge in [-0.05, 0) is 36.4 Å². The zero-order valence-electron chi connectivity index (χ0n) is 13.8. The van der Waals surface area contributed by atoms with E-state index in [4.69, 9.17) is 16.1 Å². The maximum absolute atomic E-state index is 12.5. The van der Waals surface area contributed by atoms with E-state index in [2.05, 4.69) is 10.1 Å². The summed E-state index contributed by atoms with van der Waals surface area (Å²) in [4.78, 5) is 19.5. The molecule has 2 heterocycles. The van der Waals surface area contributed by atoms with Crippen LogP contribution in [0.2, 0.25) is 5.02 Å². The van der Waals surface area contributed by atoms with Crippen molar-refractivity contribution in [3.63, 3.8) is 0 Å². The van der Waals surface area contributed by atoms with E-state index in [0.717, 1.165) is 10.4 Å². The van der Waals surface area contributed by atoms with Crippen molar-refractivity contribution in [1.82, 2.24) is 15.0 Å². The molecule has 0 saturated carbocycles. The Morgan fingerprint density at radius 2 is 2.12 bits per heavy atom. The minimum absolute atomic E-state index is 0.0401. The van der Waals surface area contributed by atoms with E-state index >= 15 is 0 Å². The average Bonchev–Trinajstić information content (AvgIpc) is 3.30. The second kappa shape index (κ2) is 8.27. The molecule has 0 aliphatic heterocycles. The van der Waals surface area contributed by atoms with E-state index in [9.17, 15) is 4.79 Å². The van der Waals surface area contributed by atoms with E-state index < -0.39 is 0 Å². The molecule has 0 N–H and O–H groups in total. The second-order valence-corrected chi connectivity index (χ2v) is 6.84. The molecule has 0 atom stereocenters. The zero-order chi connectivity index (χ0) is 17.6. The van der Waals surface area contributed by atoms with E-state index in [-0.39, 0.29) is 5.91 Å². The fourth-order valence-electron chi connectivity index (χ4n) is 2.47. The molecule has 0 saturated heterocycles. The maximum Gasteiger partial charge on any atom is 0.246 e. The van der Waals surface area contributed by atoms with Gasteiger partial charge in [-0.3, -0.25) is 4.79 Å². The number of aromatic nitrogens is 2. The van der Waals surface area contributed by atoms with E-state index in [1.54, 1.807) is 16.2 Å². The van der Waals surface area contributed by atoms with Crippen LogP contribution >= 0.6 is 22.9 Å². The first-order chi connectivity index (χ1) is 12.2. The number of halogens is 1. The van der Waals surface area contributed by atoms with Gasteiger partial charge >= 0.3 is 0 Å². The van der Waals surface area contributed by atoms with Gasteiger partial charge in [0.15, 0.2) is 0 Å². The van der Waals surface area contributed by atoms with Crippen molar-refractivity contribution in [3.8, 4) is 10.7 Å². The van der Waals surface area contributed by atoms with Crippen LogP contribution in [0.1, 0.15) is 24.8 Å². The second-order valence-electron chi connectivity index (χ2n) is 5.49. The van der Waals surface area contributed by atoms with Crippen molar-refractivity contribution in [2.75, 3.05) is 6.54 Å². The normalized spacial score (nSPS) is 10.8. The van der Waals surface area contributed by atoms with Gasteiger partial charge in [0, 0.05) is 18.0 Å². The number of amides is 1. The lowest BCUT2D eigenvalue weighted by atomic mass is 10.1. The lowest BCUT2D eigenvalue weighted by molar-refractivity contribution is -0.131. The standard InChI is InChI=1S/C18H18ClN3O2S/c1-2-22(17(23)10-9-13-6-3-4-7-14(13)19)12-16-20-18(21-24-16)15-8-5-11-25-15/h3-8,11H,2,9-10,12H2,1H3. The Labute approximate surface area is 155 Å². The van der Waals surface area contributed by atoms with Crippen LogP contribution in [0.4, 0.5) is 0 Å². The zero-order valence-corrected chi connectivity index (χ0v) is 15.4. The van der Waals surface area contributed by atoms with Crippen LogP contribution in [0.25, 0.3) is 10.7 Å². The van der Waals surface area contributed by atoms with Gasteiger partial charge in [0.05, 0.1) is 11.4 Å². The Hall–Kier alpha value is -2.18. The summed E-state index contributed by atoms with van der Waals surface area (Å²) in [6.07, 6.45) is 1.00. The molecular formula is C18H18ClN3O2S. The Balaban J connectivity index is 1.60. The molecule has 2 aromatic heterocycles. The molecule has 1 amide bonds. The van der Waals surface area contributed by atoms with Gasteiger partial charge in [0.1, 0.15) is 0 Å². The highest BCUT2D eigenvalue weighted by Gasteiger charge is 2.17. The van der Waals surface area contributed by atoms with Crippen molar-refractivity contribution >= 4 is 28.8 Å². The number of aryl methyl sites for hydroxylation is 1. The van der Waals surface area contributed by atoms with Gasteiger partial charge in [-0.25, -0.2) is 0 Å². The minimum Gasteiger partial charge on any atom is -0.337 e. The predicted molar refractivity (Wildman–Crippen MR) is 98.5 cm³/mol. The summed E-state index contributed by atoms with van der Waals surface area (Å²) in [5.41, 5.74) is 0.978. The van der Waals surface area contributed by atoms with Crippen LogP contribution < -0.4 is 0 Å². The quantitative estimate of drug-likeness (QED) is 0.612. The fraction of sp³-hybridized carbons (Fsp3) is 0.278. The summed E-state index contributed by atoms with van der Waals surface area (Å²) in [6, 6.07) is 11.5. The number of rotatable bonds is 7. The largest absolute Gasteiger partial charge is 0.337 e. The highest BCUT2D eigenvalue weighted by molar-refractivity contribution is 7.13. The molecule has 25 heavy (non-hydrogen) atoms. The van der Waals surface area contributed by atoms with E-state index in [1.165, 1.54) is 0 Å². The van der Waals surface area contributed by atoms with E-state index in [0.29, 0.717) is 42.7 Å². The van der Waals surface area contributed by atoms with Crippen molar-refractivity contribution in [1.29, 1.82) is 0 Å². The highest BCUT2D eigenvalue weighted by Crippen LogP contribution is 2.22. The smallest absolute Gasteiger partial charge is 0.246 e. The molecule has 0 aliphatic rings. The van der Waals surface area contributed by atoms with Gasteiger partial charge in [-0.1, -0.05) is 41.0 Å². The third-order valence-corrected chi connectivity index (χ3v) is 5.07. The van der Waals surface area contributed by atoms with Crippen LogP contribution in [0.5, 0.6) is 0 Å². The molecular weight excluding hydrogens is 358 g/mol. The summed E-state index contributed by atoms with van der Waals surface area (Å²) in [7, 11) is 0. The molecule has 0 bridgehead atoms. The third-order valence-electron chi connectivity index (χ3n) is 3.84. The molecule has 3 rings (SSSR count). The number of hydrogen-bond acceptors (Lipinski definition) is 5. The molecule has 130 valence electrons. The van der Waals surface area contributed by atoms with Gasteiger partial charge in [0.25, 0.3) is 0 Å². The summed E-state index contributed by atoms with van der Waals surface area (Å²) in [5.74, 6) is 1.04. The van der Waals surface area contributed by atoms with Crippen LogP contribution in [0.3, 0.4) is 0 Å². The molecule has 0 unspecified atom stereocenters. The fourth-order valence-corrected chi connectivity index (χ4v) is 3.34. The number of thiophene rings is 1. The first kappa shape index (κ1) is 17.6. The van der Waals surface area contributed by atoms with Crippen LogP contribution in [0.15, 0.2) is 46.3 Å². The topological polar surface area (TPSA) is 59.2 Å². The summed E-state index contributed by atoms with van der Waals surface area (Å²) < 4.78 is 5.28. The number of carbonyl (C=O) groups excluding carboxylic acids is 1. The summed E-state index contributed by atoms with van der Waals surface area (Å²) in [6.45, 7) is 2.83. The maximum atomic E-state index is 12.5. The third kappa shape index (κ3) is 4.46. The van der Waals surface area contributed by atoms with E-state index in [1.807, 2.05) is 48.7 Å². The van der Waals surface area contributed by atoms with Gasteiger partial charge in [0.2, 0.25) is 17.6 Å². The predicted octanol–water partition coefficient (Wildman–Crippen LogP) is 4.43. The van der Waals surface area contributed by atoms with Gasteiger partial charge in [-0.15, -0.1) is 11.3 Å². The molecule has 0 radical (unpaired) electrons. The highest BCUT2D eigenvalue weighted by atomic mass is 35.5. The molecule has 3 aromatic rings. The minimum atomic E-state index is 0.0401. The summed E-state index contributed by atoms with van der Waals surface area (Å²) >= 11 is 7.69. The molecule has 0 spiro atoms. The molecule has 0 fully saturated rings. The Morgan fingerprint density at radius 1 is 1.28 bits per heavy atom. The van der Waals surface area contributed by atoms with Crippen LogP contribution in [0, 0.1) is 0 Å². The average molecular weight is 376 g/mol. The number of benzene rings is 1.